The minimum absolute atomic E-state index is 0.0853. The lowest BCUT2D eigenvalue weighted by atomic mass is 10.1. The van der Waals surface area contributed by atoms with Crippen molar-refractivity contribution in [1.29, 1.82) is 5.26 Å². The van der Waals surface area contributed by atoms with Crippen LogP contribution in [-0.4, -0.2) is 19.8 Å². The van der Waals surface area contributed by atoms with Gasteiger partial charge in [-0.15, -0.1) is 0 Å². The lowest BCUT2D eigenvalue weighted by Gasteiger charge is -2.23. The molecule has 122 valence electrons. The molecule has 2 N–H and O–H groups in total. The number of aliphatic hydroxyl groups is 1. The molecule has 0 bridgehead atoms. The van der Waals surface area contributed by atoms with Crippen LogP contribution in [0.1, 0.15) is 30.3 Å². The molecule has 0 amide bonds. The van der Waals surface area contributed by atoms with Gasteiger partial charge in [0.1, 0.15) is 11.8 Å². The second-order valence-electron chi connectivity index (χ2n) is 5.64. The average molecular weight is 433 g/mol. The van der Waals surface area contributed by atoms with E-state index >= 15 is 0 Å². The lowest BCUT2D eigenvalue weighted by molar-refractivity contribution is 0.146. The molecule has 0 fully saturated rings. The first kappa shape index (κ1) is 16.7. The summed E-state index contributed by atoms with van der Waals surface area (Å²) < 4.78 is 0.659. The zero-order chi connectivity index (χ0) is 17.5. The molecular formula is C18H16IN3O2. The number of aromatic nitrogens is 2. The summed E-state index contributed by atoms with van der Waals surface area (Å²) in [5, 5.41) is 31.1. The molecule has 1 unspecified atom stereocenters. The zero-order valence-electron chi connectivity index (χ0n) is 13.3. The fraction of sp³-hybridized carbons (Fsp3) is 0.222. The summed E-state index contributed by atoms with van der Waals surface area (Å²) in [5.74, 6) is 0.0853. The van der Waals surface area contributed by atoms with Gasteiger partial charge in [-0.3, -0.25) is 4.98 Å². The molecule has 0 radical (unpaired) electrons. The van der Waals surface area contributed by atoms with Crippen molar-refractivity contribution in [3.05, 3.63) is 53.5 Å². The number of phenols is 1. The first-order chi connectivity index (χ1) is 11.4. The molecule has 0 saturated carbocycles. The van der Waals surface area contributed by atoms with Gasteiger partial charge in [0.15, 0.2) is 3.61 Å². The number of pyridine rings is 1. The predicted octanol–water partition coefficient (Wildman–Crippen LogP) is 3.90. The molecular weight excluding hydrogens is 417 g/mol. The Hall–Kier alpha value is -2.11. The summed E-state index contributed by atoms with van der Waals surface area (Å²) in [5.41, 5.74) is 3.30. The second-order valence-corrected chi connectivity index (χ2v) is 7.43. The molecule has 5 nitrogen and oxygen atoms in total. The van der Waals surface area contributed by atoms with Crippen molar-refractivity contribution < 1.29 is 10.2 Å². The van der Waals surface area contributed by atoms with E-state index in [2.05, 4.69) is 11.1 Å². The highest BCUT2D eigenvalue weighted by atomic mass is 127. The van der Waals surface area contributed by atoms with Crippen molar-refractivity contribution in [2.45, 2.75) is 23.9 Å². The number of nitriles is 1. The molecule has 2 aromatic heterocycles. The van der Waals surface area contributed by atoms with E-state index in [9.17, 15) is 15.5 Å². The van der Waals surface area contributed by atoms with Gasteiger partial charge >= 0.3 is 0 Å². The number of hydrogen-bond donors (Lipinski definition) is 2. The Kier molecular flexibility index (Phi) is 4.24. The van der Waals surface area contributed by atoms with Crippen molar-refractivity contribution >= 4 is 33.5 Å². The van der Waals surface area contributed by atoms with Gasteiger partial charge in [0, 0.05) is 23.0 Å². The summed E-state index contributed by atoms with van der Waals surface area (Å²) in [7, 11) is 0. The molecule has 3 aromatic rings. The van der Waals surface area contributed by atoms with E-state index in [-0.39, 0.29) is 5.75 Å². The van der Waals surface area contributed by atoms with Crippen LogP contribution >= 0.6 is 22.6 Å². The largest absolute Gasteiger partial charge is 0.508 e. The summed E-state index contributed by atoms with van der Waals surface area (Å²) in [6.45, 7) is 3.76. The highest BCUT2D eigenvalue weighted by Gasteiger charge is 2.33. The summed E-state index contributed by atoms with van der Waals surface area (Å²) in [4.78, 5) is 4.22. The van der Waals surface area contributed by atoms with Crippen molar-refractivity contribution in [2.75, 3.05) is 0 Å². The Morgan fingerprint density at radius 1 is 1.33 bits per heavy atom. The van der Waals surface area contributed by atoms with Gasteiger partial charge < -0.3 is 14.8 Å². The standard InChI is InChI=1S/C18H16IN3O2/c1-3-18(19,24)17-15(10-20)14-9-13(23)4-5-16(14)22(17)12-6-7-21-11(2)8-12/h4-9,23-24H,3H2,1-2H3. The first-order valence-corrected chi connectivity index (χ1v) is 8.59. The van der Waals surface area contributed by atoms with Crippen molar-refractivity contribution in [2.24, 2.45) is 0 Å². The van der Waals surface area contributed by atoms with E-state index in [0.717, 1.165) is 16.9 Å². The van der Waals surface area contributed by atoms with Crippen LogP contribution in [0.4, 0.5) is 0 Å². The van der Waals surface area contributed by atoms with Crippen LogP contribution in [0.15, 0.2) is 36.5 Å². The van der Waals surface area contributed by atoms with Crippen LogP contribution in [0.2, 0.25) is 0 Å². The number of fused-ring (bicyclic) bond motifs is 1. The molecule has 6 heteroatoms. The monoisotopic (exact) mass is 433 g/mol. The molecule has 3 rings (SSSR count). The van der Waals surface area contributed by atoms with Gasteiger partial charge in [0.2, 0.25) is 0 Å². The van der Waals surface area contributed by atoms with Crippen LogP contribution in [0, 0.1) is 18.3 Å². The van der Waals surface area contributed by atoms with Crippen LogP contribution in [0.5, 0.6) is 5.75 Å². The molecule has 0 aliphatic heterocycles. The van der Waals surface area contributed by atoms with E-state index in [4.69, 9.17) is 0 Å². The maximum absolute atomic E-state index is 10.9. The molecule has 0 saturated heterocycles. The SMILES string of the molecule is CCC(O)(I)c1c(C#N)c2cc(O)ccc2n1-c1ccnc(C)c1. The van der Waals surface area contributed by atoms with Crippen LogP contribution in [-0.2, 0) is 3.61 Å². The zero-order valence-corrected chi connectivity index (χ0v) is 15.4. The molecule has 1 aromatic carbocycles. The third kappa shape index (κ3) is 2.64. The number of nitrogens with zero attached hydrogens (tertiary/aromatic N) is 3. The smallest absolute Gasteiger partial charge is 0.157 e. The Bertz CT molecular complexity index is 970. The topological polar surface area (TPSA) is 82.1 Å². The summed E-state index contributed by atoms with van der Waals surface area (Å²) >= 11 is 1.96. The van der Waals surface area contributed by atoms with Crippen molar-refractivity contribution in [3.8, 4) is 17.5 Å². The maximum Gasteiger partial charge on any atom is 0.157 e. The molecule has 24 heavy (non-hydrogen) atoms. The second kappa shape index (κ2) is 6.07. The Morgan fingerprint density at radius 2 is 2.08 bits per heavy atom. The third-order valence-corrected chi connectivity index (χ3v) is 5.31. The van der Waals surface area contributed by atoms with E-state index in [1.807, 2.05) is 53.1 Å². The number of phenolic OH excluding ortho intramolecular Hbond substituents is 1. The van der Waals surface area contributed by atoms with Gasteiger partial charge in [-0.25, -0.2) is 0 Å². The van der Waals surface area contributed by atoms with Gasteiger partial charge in [-0.05, 0) is 66.3 Å². The van der Waals surface area contributed by atoms with Gasteiger partial charge in [-0.2, -0.15) is 5.26 Å². The maximum atomic E-state index is 10.9. The number of aryl methyl sites for hydroxylation is 1. The number of alkyl halides is 1. The minimum Gasteiger partial charge on any atom is -0.508 e. The van der Waals surface area contributed by atoms with Crippen LogP contribution in [0.25, 0.3) is 16.6 Å². The molecule has 1 atom stereocenters. The van der Waals surface area contributed by atoms with Crippen LogP contribution in [0.3, 0.4) is 0 Å². The normalized spacial score (nSPS) is 13.6. The van der Waals surface area contributed by atoms with Crippen molar-refractivity contribution in [3.63, 3.8) is 0 Å². The highest BCUT2D eigenvalue weighted by Crippen LogP contribution is 2.41. The number of benzene rings is 1. The van der Waals surface area contributed by atoms with Gasteiger partial charge in [0.25, 0.3) is 0 Å². The van der Waals surface area contributed by atoms with Crippen molar-refractivity contribution in [1.82, 2.24) is 9.55 Å². The molecule has 0 aliphatic rings. The lowest BCUT2D eigenvalue weighted by Crippen LogP contribution is -2.21. The predicted molar refractivity (Wildman–Crippen MR) is 100 cm³/mol. The van der Waals surface area contributed by atoms with E-state index in [1.165, 1.54) is 0 Å². The third-order valence-electron chi connectivity index (χ3n) is 4.03. The van der Waals surface area contributed by atoms with Gasteiger partial charge in [-0.1, -0.05) is 6.92 Å². The Balaban J connectivity index is 2.51. The molecule has 0 aliphatic carbocycles. The van der Waals surface area contributed by atoms with E-state index < -0.39 is 3.61 Å². The number of rotatable bonds is 3. The quantitative estimate of drug-likeness (QED) is 0.485. The Labute approximate surface area is 153 Å². The number of halogens is 1. The fourth-order valence-corrected chi connectivity index (χ4v) is 3.37. The molecule has 2 heterocycles. The number of hydrogen-bond acceptors (Lipinski definition) is 4. The van der Waals surface area contributed by atoms with Crippen LogP contribution < -0.4 is 0 Å². The number of aromatic hydroxyl groups is 1. The Morgan fingerprint density at radius 3 is 2.71 bits per heavy atom. The first-order valence-electron chi connectivity index (χ1n) is 7.51. The van der Waals surface area contributed by atoms with E-state index in [0.29, 0.717) is 23.1 Å². The average Bonchev–Trinajstić information content (AvgIpc) is 2.89. The van der Waals surface area contributed by atoms with E-state index in [1.54, 1.807) is 24.4 Å². The summed E-state index contributed by atoms with van der Waals surface area (Å²) in [6, 6.07) is 10.8. The fourth-order valence-electron chi connectivity index (χ4n) is 2.86. The molecule has 0 spiro atoms. The minimum atomic E-state index is -1.21. The highest BCUT2D eigenvalue weighted by molar-refractivity contribution is 14.1. The summed E-state index contributed by atoms with van der Waals surface area (Å²) in [6.07, 6.45) is 2.14. The van der Waals surface area contributed by atoms with Gasteiger partial charge in [0.05, 0.1) is 16.8 Å².